The van der Waals surface area contributed by atoms with Crippen molar-refractivity contribution in [1.29, 1.82) is 0 Å². The van der Waals surface area contributed by atoms with E-state index in [4.69, 9.17) is 4.74 Å². The number of thiazole rings is 1. The predicted molar refractivity (Wildman–Crippen MR) is 99.5 cm³/mol. The Morgan fingerprint density at radius 2 is 2.08 bits per heavy atom. The number of rotatable bonds is 5. The standard InChI is InChI=1S/C19H26N4OS/c1-14-21-16(13-25-14)10-23-8-5-19(24-2)17-11-22(12-18(17)23)9-15-3-6-20-7-4-15/h3-4,6-7,13,17-19H,5,8-12H2,1-2H3/t17-,18+,19+/m0/s1. The smallest absolute Gasteiger partial charge is 0.0897 e. The van der Waals surface area contributed by atoms with E-state index >= 15 is 0 Å². The van der Waals surface area contributed by atoms with Crippen LogP contribution in [0, 0.1) is 12.8 Å². The molecule has 4 rings (SSSR count). The van der Waals surface area contributed by atoms with E-state index in [0.717, 1.165) is 44.2 Å². The number of aryl methyl sites for hydroxylation is 1. The summed E-state index contributed by atoms with van der Waals surface area (Å²) < 4.78 is 5.83. The first-order valence-corrected chi connectivity index (χ1v) is 9.90. The van der Waals surface area contributed by atoms with Crippen molar-refractivity contribution in [1.82, 2.24) is 19.8 Å². The van der Waals surface area contributed by atoms with E-state index in [1.54, 1.807) is 11.3 Å². The normalized spacial score (nSPS) is 27.5. The fourth-order valence-electron chi connectivity index (χ4n) is 4.37. The van der Waals surface area contributed by atoms with Gasteiger partial charge >= 0.3 is 0 Å². The largest absolute Gasteiger partial charge is 0.381 e. The minimum Gasteiger partial charge on any atom is -0.381 e. The molecule has 0 spiro atoms. The summed E-state index contributed by atoms with van der Waals surface area (Å²) in [5.41, 5.74) is 2.55. The zero-order chi connectivity index (χ0) is 17.2. The maximum atomic E-state index is 5.83. The van der Waals surface area contributed by atoms with Crippen LogP contribution in [0.15, 0.2) is 29.9 Å². The molecule has 2 fully saturated rings. The minimum absolute atomic E-state index is 0.376. The number of nitrogens with zero attached hydrogens (tertiary/aromatic N) is 4. The second-order valence-electron chi connectivity index (χ2n) is 7.17. The van der Waals surface area contributed by atoms with Gasteiger partial charge in [-0.3, -0.25) is 14.8 Å². The number of fused-ring (bicyclic) bond motifs is 1. The zero-order valence-corrected chi connectivity index (χ0v) is 15.8. The van der Waals surface area contributed by atoms with E-state index in [-0.39, 0.29) is 0 Å². The molecule has 3 atom stereocenters. The van der Waals surface area contributed by atoms with Crippen LogP contribution in [0.3, 0.4) is 0 Å². The molecule has 0 bridgehead atoms. The zero-order valence-electron chi connectivity index (χ0n) is 15.0. The molecule has 0 aliphatic carbocycles. The summed E-state index contributed by atoms with van der Waals surface area (Å²) in [6, 6.07) is 4.79. The number of hydrogen-bond donors (Lipinski definition) is 0. The van der Waals surface area contributed by atoms with Crippen molar-refractivity contribution in [3.8, 4) is 0 Å². The molecule has 2 saturated heterocycles. The maximum absolute atomic E-state index is 5.83. The first-order chi connectivity index (χ1) is 12.2. The van der Waals surface area contributed by atoms with Gasteiger partial charge < -0.3 is 4.74 Å². The summed E-state index contributed by atoms with van der Waals surface area (Å²) in [7, 11) is 1.87. The van der Waals surface area contributed by atoms with Crippen molar-refractivity contribution in [3.05, 3.63) is 46.2 Å². The second kappa shape index (κ2) is 7.50. The first-order valence-electron chi connectivity index (χ1n) is 9.02. The van der Waals surface area contributed by atoms with Gasteiger partial charge in [0.15, 0.2) is 0 Å². The third-order valence-corrected chi connectivity index (χ3v) is 6.37. The number of ether oxygens (including phenoxy) is 1. The SMILES string of the molecule is CO[C@@H]1CCN(Cc2csc(C)n2)[C@@H]2CN(Cc3ccncc3)C[C@@H]21. The third kappa shape index (κ3) is 3.77. The number of hydrogen-bond acceptors (Lipinski definition) is 6. The Bertz CT molecular complexity index is 692. The second-order valence-corrected chi connectivity index (χ2v) is 8.23. The van der Waals surface area contributed by atoms with Crippen molar-refractivity contribution >= 4 is 11.3 Å². The number of likely N-dealkylation sites (tertiary alicyclic amines) is 2. The third-order valence-electron chi connectivity index (χ3n) is 5.55. The highest BCUT2D eigenvalue weighted by atomic mass is 32.1. The lowest BCUT2D eigenvalue weighted by molar-refractivity contribution is -0.0248. The van der Waals surface area contributed by atoms with Gasteiger partial charge in [0.2, 0.25) is 0 Å². The van der Waals surface area contributed by atoms with Crippen LogP contribution in [0.2, 0.25) is 0 Å². The highest BCUT2D eigenvalue weighted by Crippen LogP contribution is 2.34. The summed E-state index contributed by atoms with van der Waals surface area (Å²) in [6.07, 6.45) is 5.26. The van der Waals surface area contributed by atoms with Gasteiger partial charge in [0, 0.05) is 69.6 Å². The molecule has 0 aromatic carbocycles. The highest BCUT2D eigenvalue weighted by Gasteiger charge is 2.44. The Balaban J connectivity index is 1.47. The van der Waals surface area contributed by atoms with Gasteiger partial charge in [-0.25, -0.2) is 4.98 Å². The van der Waals surface area contributed by atoms with Crippen LogP contribution >= 0.6 is 11.3 Å². The van der Waals surface area contributed by atoms with E-state index in [1.807, 2.05) is 19.5 Å². The molecule has 2 aromatic heterocycles. The molecule has 6 heteroatoms. The Kier molecular flexibility index (Phi) is 5.12. The Morgan fingerprint density at radius 3 is 2.80 bits per heavy atom. The average molecular weight is 359 g/mol. The van der Waals surface area contributed by atoms with Crippen molar-refractivity contribution in [2.45, 2.75) is 38.6 Å². The molecule has 5 nitrogen and oxygen atoms in total. The highest BCUT2D eigenvalue weighted by molar-refractivity contribution is 7.09. The van der Waals surface area contributed by atoms with Gasteiger partial charge in [-0.05, 0) is 31.0 Å². The molecule has 25 heavy (non-hydrogen) atoms. The van der Waals surface area contributed by atoms with Crippen molar-refractivity contribution < 1.29 is 4.74 Å². The fraction of sp³-hybridized carbons (Fsp3) is 0.579. The molecular weight excluding hydrogens is 332 g/mol. The molecule has 2 aliphatic heterocycles. The molecule has 2 aromatic rings. The molecule has 0 saturated carbocycles. The Morgan fingerprint density at radius 1 is 1.24 bits per heavy atom. The molecule has 0 amide bonds. The summed E-state index contributed by atoms with van der Waals surface area (Å²) >= 11 is 1.75. The molecule has 0 N–H and O–H groups in total. The van der Waals surface area contributed by atoms with E-state index in [0.29, 0.717) is 18.1 Å². The van der Waals surface area contributed by atoms with Gasteiger partial charge in [-0.15, -0.1) is 11.3 Å². The van der Waals surface area contributed by atoms with Crippen molar-refractivity contribution in [2.24, 2.45) is 5.92 Å². The van der Waals surface area contributed by atoms with Crippen LogP contribution in [0.4, 0.5) is 0 Å². The lowest BCUT2D eigenvalue weighted by Crippen LogP contribution is -2.50. The van der Waals surface area contributed by atoms with Crippen molar-refractivity contribution in [3.63, 3.8) is 0 Å². The van der Waals surface area contributed by atoms with Crippen LogP contribution in [-0.4, -0.2) is 58.7 Å². The van der Waals surface area contributed by atoms with Crippen LogP contribution in [-0.2, 0) is 17.8 Å². The van der Waals surface area contributed by atoms with Crippen LogP contribution < -0.4 is 0 Å². The van der Waals surface area contributed by atoms with Gasteiger partial charge in [-0.2, -0.15) is 0 Å². The Labute approximate surface area is 153 Å². The van der Waals surface area contributed by atoms with E-state index < -0.39 is 0 Å². The van der Waals surface area contributed by atoms with Gasteiger partial charge in [0.1, 0.15) is 0 Å². The quantitative estimate of drug-likeness (QED) is 0.822. The maximum Gasteiger partial charge on any atom is 0.0897 e. The summed E-state index contributed by atoms with van der Waals surface area (Å²) in [5, 5.41) is 3.36. The summed E-state index contributed by atoms with van der Waals surface area (Å²) in [6.45, 7) is 7.36. The molecule has 134 valence electrons. The number of piperidine rings is 1. The van der Waals surface area contributed by atoms with Crippen LogP contribution in [0.25, 0.3) is 0 Å². The topological polar surface area (TPSA) is 41.5 Å². The van der Waals surface area contributed by atoms with Crippen LogP contribution in [0.5, 0.6) is 0 Å². The molecule has 0 unspecified atom stereocenters. The summed E-state index contributed by atoms with van der Waals surface area (Å²) in [5.74, 6) is 0.584. The Hall–Kier alpha value is -1.34. The minimum atomic E-state index is 0.376. The fourth-order valence-corrected chi connectivity index (χ4v) is 4.98. The number of aromatic nitrogens is 2. The van der Waals surface area contributed by atoms with E-state index in [2.05, 4.69) is 44.2 Å². The van der Waals surface area contributed by atoms with Gasteiger partial charge in [-0.1, -0.05) is 0 Å². The number of pyridine rings is 1. The predicted octanol–water partition coefficient (Wildman–Crippen LogP) is 2.57. The number of methoxy groups -OCH3 is 1. The molecular formula is C19H26N4OS. The van der Waals surface area contributed by atoms with Gasteiger partial charge in [0.25, 0.3) is 0 Å². The van der Waals surface area contributed by atoms with Gasteiger partial charge in [0.05, 0.1) is 16.8 Å². The first kappa shape index (κ1) is 17.1. The molecule has 4 heterocycles. The van der Waals surface area contributed by atoms with E-state index in [9.17, 15) is 0 Å². The summed E-state index contributed by atoms with van der Waals surface area (Å²) in [4.78, 5) is 14.0. The molecule has 0 radical (unpaired) electrons. The van der Waals surface area contributed by atoms with Crippen LogP contribution in [0.1, 0.15) is 22.7 Å². The lowest BCUT2D eigenvalue weighted by atomic mass is 9.89. The van der Waals surface area contributed by atoms with E-state index in [1.165, 1.54) is 11.3 Å². The lowest BCUT2D eigenvalue weighted by Gasteiger charge is -2.40. The average Bonchev–Trinajstić information content (AvgIpc) is 3.22. The monoisotopic (exact) mass is 358 g/mol. The van der Waals surface area contributed by atoms with Crippen molar-refractivity contribution in [2.75, 3.05) is 26.7 Å². The molecule has 2 aliphatic rings.